The Bertz CT molecular complexity index is 915. The van der Waals surface area contributed by atoms with Crippen LogP contribution in [-0.2, 0) is 38.3 Å². The van der Waals surface area contributed by atoms with Gasteiger partial charge in [0.25, 0.3) is 0 Å². The van der Waals surface area contributed by atoms with Gasteiger partial charge in [-0.25, -0.2) is 4.18 Å². The van der Waals surface area contributed by atoms with Crippen LogP contribution in [0.2, 0.25) is 0 Å². The van der Waals surface area contributed by atoms with Gasteiger partial charge < -0.3 is 34.3 Å². The molecule has 13 heteroatoms. The Balaban J connectivity index is 2.50. The minimum absolute atomic E-state index is 0.0351. The van der Waals surface area contributed by atoms with Crippen LogP contribution in [0.5, 0.6) is 0 Å². The van der Waals surface area contributed by atoms with Gasteiger partial charge in [-0.1, -0.05) is 109 Å². The average Bonchev–Trinajstić information content (AvgIpc) is 3.05. The highest BCUT2D eigenvalue weighted by atomic mass is 32.3. The number of aliphatic hydroxyl groups excluding tert-OH is 3. The zero-order valence-electron chi connectivity index (χ0n) is 29.6. The number of carbonyl (C=O) groups excluding carboxylic acids is 1. The summed E-state index contributed by atoms with van der Waals surface area (Å²) in [6, 6.07) is 0. The normalized spacial score (nSPS) is 22.3. The fourth-order valence-electron chi connectivity index (χ4n) is 5.55. The van der Waals surface area contributed by atoms with Crippen LogP contribution in [0.25, 0.3) is 0 Å². The van der Waals surface area contributed by atoms with Gasteiger partial charge in [-0.2, -0.15) is 8.42 Å². The van der Waals surface area contributed by atoms with Crippen molar-refractivity contribution in [2.75, 3.05) is 26.4 Å². The van der Waals surface area contributed by atoms with Gasteiger partial charge in [-0.3, -0.25) is 9.35 Å². The number of hydrogen-bond donors (Lipinski definition) is 4. The molecule has 0 aromatic carbocycles. The van der Waals surface area contributed by atoms with E-state index in [-0.39, 0.29) is 19.6 Å². The molecule has 0 aliphatic carbocycles. The van der Waals surface area contributed by atoms with Crippen molar-refractivity contribution in [2.45, 2.75) is 179 Å². The molecule has 1 saturated heterocycles. The molecule has 0 aromatic heterocycles. The van der Waals surface area contributed by atoms with E-state index in [1.807, 2.05) is 0 Å². The Labute approximate surface area is 289 Å². The first-order chi connectivity index (χ1) is 23.1. The molecule has 6 unspecified atom stereocenters. The Morgan fingerprint density at radius 2 is 1.31 bits per heavy atom. The molecule has 1 heterocycles. The van der Waals surface area contributed by atoms with E-state index in [1.165, 1.54) is 70.6 Å². The topological polar surface area (TPSA) is 178 Å². The lowest BCUT2D eigenvalue weighted by molar-refractivity contribution is -0.301. The maximum absolute atomic E-state index is 12.6. The fourth-order valence-corrected chi connectivity index (χ4v) is 6.06. The molecular formula is C35H66O12S. The standard InChI is InChI=1S/C35H66O12S/c1-3-5-7-9-11-12-13-14-15-16-17-19-21-23-25-43-27-29(45-31(37)24-22-20-18-10-8-6-4-2)28-44-35-33(39)34(47-48(40,41)42)32(38)30(26-36)46-35/h12-13,29-30,32-36,38-39H,3-11,14-28H2,1-2H3,(H,40,41,42)/b13-12-. The quantitative estimate of drug-likeness (QED) is 0.0288. The number of hydrogen-bond acceptors (Lipinski definition) is 11. The number of rotatable bonds is 31. The fraction of sp³-hybridized carbons (Fsp3) is 0.914. The van der Waals surface area contributed by atoms with E-state index in [1.54, 1.807) is 0 Å². The van der Waals surface area contributed by atoms with Crippen LogP contribution < -0.4 is 0 Å². The highest BCUT2D eigenvalue weighted by molar-refractivity contribution is 7.80. The third-order valence-electron chi connectivity index (χ3n) is 8.39. The second kappa shape index (κ2) is 28.5. The van der Waals surface area contributed by atoms with Gasteiger partial charge in [0.05, 0.1) is 19.8 Å². The molecule has 0 radical (unpaired) electrons. The molecule has 284 valence electrons. The number of allylic oxidation sites excluding steroid dienone is 2. The van der Waals surface area contributed by atoms with E-state index in [0.29, 0.717) is 13.0 Å². The maximum atomic E-state index is 12.6. The van der Waals surface area contributed by atoms with Crippen LogP contribution in [0, 0.1) is 0 Å². The predicted molar refractivity (Wildman–Crippen MR) is 184 cm³/mol. The van der Waals surface area contributed by atoms with Crippen molar-refractivity contribution < 1.29 is 56.2 Å². The molecule has 12 nitrogen and oxygen atoms in total. The van der Waals surface area contributed by atoms with Gasteiger partial charge in [0.2, 0.25) is 0 Å². The number of esters is 1. The van der Waals surface area contributed by atoms with E-state index >= 15 is 0 Å². The van der Waals surface area contributed by atoms with Gasteiger partial charge in [0.15, 0.2) is 6.29 Å². The van der Waals surface area contributed by atoms with Crippen molar-refractivity contribution in [1.29, 1.82) is 0 Å². The molecule has 1 aliphatic rings. The van der Waals surface area contributed by atoms with Crippen LogP contribution in [0.3, 0.4) is 0 Å². The summed E-state index contributed by atoms with van der Waals surface area (Å²) in [4.78, 5) is 12.6. The smallest absolute Gasteiger partial charge is 0.397 e. The second-order valence-corrected chi connectivity index (χ2v) is 13.9. The van der Waals surface area contributed by atoms with Crippen LogP contribution >= 0.6 is 0 Å². The molecule has 0 aromatic rings. The van der Waals surface area contributed by atoms with Crippen LogP contribution in [0.15, 0.2) is 12.2 Å². The highest BCUT2D eigenvalue weighted by Gasteiger charge is 2.48. The van der Waals surface area contributed by atoms with Crippen LogP contribution in [0.4, 0.5) is 0 Å². The monoisotopic (exact) mass is 710 g/mol. The molecule has 48 heavy (non-hydrogen) atoms. The summed E-state index contributed by atoms with van der Waals surface area (Å²) in [7, 11) is -5.05. The SMILES string of the molecule is CCCCCC/C=C\CCCCCCCCOCC(COC1OC(CO)C(O)C(OS(=O)(=O)O)C1O)OC(=O)CCCCCCCCC. The minimum atomic E-state index is -5.05. The third kappa shape index (κ3) is 22.5. The van der Waals surface area contributed by atoms with Gasteiger partial charge in [0.1, 0.15) is 30.5 Å². The first-order valence-electron chi connectivity index (χ1n) is 18.4. The summed E-state index contributed by atoms with van der Waals surface area (Å²) >= 11 is 0. The minimum Gasteiger partial charge on any atom is -0.457 e. The van der Waals surface area contributed by atoms with E-state index in [4.69, 9.17) is 23.5 Å². The molecule has 0 amide bonds. The van der Waals surface area contributed by atoms with E-state index in [2.05, 4.69) is 30.2 Å². The molecule has 0 spiro atoms. The Morgan fingerprint density at radius 1 is 0.771 bits per heavy atom. The Morgan fingerprint density at radius 3 is 1.90 bits per heavy atom. The second-order valence-electron chi connectivity index (χ2n) is 12.8. The summed E-state index contributed by atoms with van der Waals surface area (Å²) in [5.41, 5.74) is 0. The molecule has 1 fully saturated rings. The number of ether oxygens (including phenoxy) is 4. The molecule has 0 bridgehead atoms. The lowest BCUT2D eigenvalue weighted by Gasteiger charge is -2.41. The largest absolute Gasteiger partial charge is 0.457 e. The van der Waals surface area contributed by atoms with Crippen molar-refractivity contribution in [3.8, 4) is 0 Å². The Kier molecular flexibility index (Phi) is 26.7. The van der Waals surface area contributed by atoms with E-state index in [9.17, 15) is 28.5 Å². The zero-order chi connectivity index (χ0) is 35.5. The summed E-state index contributed by atoms with van der Waals surface area (Å²) in [5.74, 6) is -0.409. The van der Waals surface area contributed by atoms with E-state index in [0.717, 1.165) is 44.9 Å². The predicted octanol–water partition coefficient (Wildman–Crippen LogP) is 5.96. The molecule has 0 saturated carbocycles. The van der Waals surface area contributed by atoms with Crippen LogP contribution in [-0.4, -0.2) is 97.5 Å². The molecular weight excluding hydrogens is 644 g/mol. The first-order valence-corrected chi connectivity index (χ1v) is 19.8. The van der Waals surface area contributed by atoms with E-state index < -0.39 is 59.8 Å². The molecule has 6 atom stereocenters. The lowest BCUT2D eigenvalue weighted by atomic mass is 9.99. The van der Waals surface area contributed by atoms with Gasteiger partial charge in [-0.05, 0) is 38.5 Å². The maximum Gasteiger partial charge on any atom is 0.397 e. The van der Waals surface area contributed by atoms with Crippen molar-refractivity contribution in [1.82, 2.24) is 0 Å². The van der Waals surface area contributed by atoms with Gasteiger partial charge >= 0.3 is 16.4 Å². The van der Waals surface area contributed by atoms with Crippen molar-refractivity contribution in [2.24, 2.45) is 0 Å². The van der Waals surface area contributed by atoms with Crippen molar-refractivity contribution in [3.05, 3.63) is 12.2 Å². The van der Waals surface area contributed by atoms with Gasteiger partial charge in [0, 0.05) is 13.0 Å². The lowest BCUT2D eigenvalue weighted by Crippen LogP contribution is -2.60. The first kappa shape index (κ1) is 44.9. The average molecular weight is 711 g/mol. The summed E-state index contributed by atoms with van der Waals surface area (Å²) in [6.45, 7) is 3.89. The zero-order valence-corrected chi connectivity index (χ0v) is 30.4. The number of aliphatic hydroxyl groups is 3. The summed E-state index contributed by atoms with van der Waals surface area (Å²) in [5, 5.41) is 30.4. The van der Waals surface area contributed by atoms with Crippen LogP contribution in [0.1, 0.15) is 142 Å². The molecule has 1 aliphatic heterocycles. The van der Waals surface area contributed by atoms with Crippen molar-refractivity contribution >= 4 is 16.4 Å². The van der Waals surface area contributed by atoms with Gasteiger partial charge in [-0.15, -0.1) is 0 Å². The Hall–Kier alpha value is -1.16. The highest BCUT2D eigenvalue weighted by Crippen LogP contribution is 2.26. The third-order valence-corrected chi connectivity index (χ3v) is 8.85. The number of carbonyl (C=O) groups is 1. The summed E-state index contributed by atoms with van der Waals surface area (Å²) in [6.07, 6.45) is 17.1. The molecule has 4 N–H and O–H groups in total. The number of unbranched alkanes of at least 4 members (excludes halogenated alkanes) is 16. The molecule has 1 rings (SSSR count). The van der Waals surface area contributed by atoms with Crippen molar-refractivity contribution in [3.63, 3.8) is 0 Å². The summed E-state index contributed by atoms with van der Waals surface area (Å²) < 4.78 is 58.5.